The van der Waals surface area contributed by atoms with Crippen molar-refractivity contribution in [1.82, 2.24) is 0 Å². The van der Waals surface area contributed by atoms with Gasteiger partial charge in [-0.3, -0.25) is 4.79 Å². The molecule has 0 fully saturated rings. The lowest BCUT2D eigenvalue weighted by atomic mass is 10.3. The van der Waals surface area contributed by atoms with Gasteiger partial charge in [-0.15, -0.1) is 0 Å². The zero-order chi connectivity index (χ0) is 12.0. The van der Waals surface area contributed by atoms with Crippen molar-refractivity contribution in [1.29, 1.82) is 0 Å². The summed E-state index contributed by atoms with van der Waals surface area (Å²) >= 11 is 0. The number of carboxylic acid groups (broad SMARTS) is 1. The minimum atomic E-state index is -0.894. The number of carbonyl (C=O) groups is 1. The Bertz CT molecular complexity index is 339. The number of hydrogen-bond acceptors (Lipinski definition) is 4. The van der Waals surface area contributed by atoms with Gasteiger partial charge in [0.15, 0.2) is 0 Å². The lowest BCUT2D eigenvalue weighted by Crippen LogP contribution is -2.04. The molecular formula is C11H14O5. The molecule has 0 bridgehead atoms. The van der Waals surface area contributed by atoms with E-state index in [-0.39, 0.29) is 13.0 Å². The van der Waals surface area contributed by atoms with E-state index in [1.807, 2.05) is 0 Å². The van der Waals surface area contributed by atoms with Gasteiger partial charge in [-0.2, -0.15) is 0 Å². The molecule has 0 amide bonds. The predicted octanol–water partition coefficient (Wildman–Crippen LogP) is 1.56. The zero-order valence-electron chi connectivity index (χ0n) is 9.23. The Hall–Kier alpha value is -1.91. The molecule has 0 atom stereocenters. The van der Waals surface area contributed by atoms with Crippen LogP contribution in [0.15, 0.2) is 18.2 Å². The highest BCUT2D eigenvalue weighted by atomic mass is 16.5. The van der Waals surface area contributed by atoms with E-state index in [2.05, 4.69) is 0 Å². The molecule has 0 radical (unpaired) electrons. The lowest BCUT2D eigenvalue weighted by Gasteiger charge is -2.09. The van der Waals surface area contributed by atoms with E-state index in [0.717, 1.165) is 0 Å². The van der Waals surface area contributed by atoms with Crippen LogP contribution in [0.2, 0.25) is 0 Å². The Kier molecular flexibility index (Phi) is 4.44. The van der Waals surface area contributed by atoms with Crippen LogP contribution in [0.3, 0.4) is 0 Å². The van der Waals surface area contributed by atoms with Crippen LogP contribution in [0.4, 0.5) is 0 Å². The maximum Gasteiger partial charge on any atom is 0.306 e. The first-order valence-corrected chi connectivity index (χ1v) is 4.73. The molecule has 1 rings (SSSR count). The highest BCUT2D eigenvalue weighted by Gasteiger charge is 2.03. The van der Waals surface area contributed by atoms with Crippen LogP contribution in [0, 0.1) is 0 Å². The first-order valence-electron chi connectivity index (χ1n) is 4.73. The molecule has 16 heavy (non-hydrogen) atoms. The van der Waals surface area contributed by atoms with Gasteiger partial charge in [0.25, 0.3) is 0 Å². The Morgan fingerprint density at radius 3 is 2.06 bits per heavy atom. The number of aliphatic carboxylic acids is 1. The second-order valence-electron chi connectivity index (χ2n) is 3.04. The van der Waals surface area contributed by atoms with Gasteiger partial charge in [-0.1, -0.05) is 0 Å². The number of methoxy groups -OCH3 is 2. The quantitative estimate of drug-likeness (QED) is 0.797. The molecule has 1 aromatic rings. The van der Waals surface area contributed by atoms with Crippen LogP contribution < -0.4 is 14.2 Å². The van der Waals surface area contributed by atoms with Crippen molar-refractivity contribution in [3.05, 3.63) is 18.2 Å². The number of rotatable bonds is 6. The Labute approximate surface area is 93.6 Å². The van der Waals surface area contributed by atoms with Crippen molar-refractivity contribution >= 4 is 5.97 Å². The topological polar surface area (TPSA) is 65.0 Å². The molecular weight excluding hydrogens is 212 g/mol. The van der Waals surface area contributed by atoms with E-state index < -0.39 is 5.97 Å². The van der Waals surface area contributed by atoms with Gasteiger partial charge in [-0.25, -0.2) is 0 Å². The summed E-state index contributed by atoms with van der Waals surface area (Å²) in [6.07, 6.45) is -0.0421. The third-order valence-electron chi connectivity index (χ3n) is 1.91. The minimum Gasteiger partial charge on any atom is -0.496 e. The fourth-order valence-electron chi connectivity index (χ4n) is 1.12. The molecule has 0 unspecified atom stereocenters. The van der Waals surface area contributed by atoms with Crippen LogP contribution in [0.5, 0.6) is 17.2 Å². The summed E-state index contributed by atoms with van der Waals surface area (Å²) in [6.45, 7) is 0.117. The average Bonchev–Trinajstić information content (AvgIpc) is 2.28. The van der Waals surface area contributed by atoms with Gasteiger partial charge in [-0.05, 0) is 0 Å². The van der Waals surface area contributed by atoms with E-state index in [0.29, 0.717) is 17.2 Å². The van der Waals surface area contributed by atoms with Crippen LogP contribution in [-0.4, -0.2) is 31.9 Å². The van der Waals surface area contributed by atoms with Crippen molar-refractivity contribution in [2.75, 3.05) is 20.8 Å². The monoisotopic (exact) mass is 226 g/mol. The summed E-state index contributed by atoms with van der Waals surface area (Å²) in [5.41, 5.74) is 0. The normalized spacial score (nSPS) is 9.62. The van der Waals surface area contributed by atoms with Crippen LogP contribution in [0.1, 0.15) is 6.42 Å². The molecule has 0 saturated carbocycles. The molecule has 0 heterocycles. The standard InChI is InChI=1S/C11H14O5/c1-14-8-5-9(15-2)7-10(6-8)16-4-3-11(12)13/h5-7H,3-4H2,1-2H3,(H,12,13). The lowest BCUT2D eigenvalue weighted by molar-refractivity contribution is -0.137. The van der Waals surface area contributed by atoms with E-state index in [4.69, 9.17) is 19.3 Å². The molecule has 1 N–H and O–H groups in total. The summed E-state index contributed by atoms with van der Waals surface area (Å²) in [5, 5.41) is 8.46. The molecule has 0 aliphatic rings. The van der Waals surface area contributed by atoms with Crippen LogP contribution in [0.25, 0.3) is 0 Å². The summed E-state index contributed by atoms with van der Waals surface area (Å²) in [6, 6.07) is 5.05. The van der Waals surface area contributed by atoms with Gasteiger partial charge in [0.2, 0.25) is 0 Å². The molecule has 5 heteroatoms. The van der Waals surface area contributed by atoms with Crippen molar-refractivity contribution < 1.29 is 24.1 Å². The molecule has 88 valence electrons. The number of hydrogen-bond donors (Lipinski definition) is 1. The van der Waals surface area contributed by atoms with Crippen molar-refractivity contribution in [3.63, 3.8) is 0 Å². The highest BCUT2D eigenvalue weighted by Crippen LogP contribution is 2.27. The van der Waals surface area contributed by atoms with Gasteiger partial charge in [0.1, 0.15) is 17.2 Å². The number of carboxylic acids is 1. The molecule has 0 spiro atoms. The summed E-state index contributed by atoms with van der Waals surface area (Å²) in [7, 11) is 3.08. The Morgan fingerprint density at radius 1 is 1.12 bits per heavy atom. The molecule has 1 aromatic carbocycles. The number of benzene rings is 1. The molecule has 0 aromatic heterocycles. The highest BCUT2D eigenvalue weighted by molar-refractivity contribution is 5.66. The Morgan fingerprint density at radius 2 is 1.62 bits per heavy atom. The fourth-order valence-corrected chi connectivity index (χ4v) is 1.12. The molecule has 0 aliphatic heterocycles. The molecule has 0 aliphatic carbocycles. The smallest absolute Gasteiger partial charge is 0.306 e. The molecule has 0 saturated heterocycles. The van der Waals surface area contributed by atoms with Crippen molar-refractivity contribution in [2.45, 2.75) is 6.42 Å². The SMILES string of the molecule is COc1cc(OC)cc(OCCC(=O)O)c1. The second-order valence-corrected chi connectivity index (χ2v) is 3.04. The van der Waals surface area contributed by atoms with Crippen molar-refractivity contribution in [3.8, 4) is 17.2 Å². The summed E-state index contributed by atoms with van der Waals surface area (Å²) < 4.78 is 15.4. The van der Waals surface area contributed by atoms with Crippen LogP contribution >= 0.6 is 0 Å². The summed E-state index contributed by atoms with van der Waals surface area (Å²) in [4.78, 5) is 10.3. The minimum absolute atomic E-state index is 0.0421. The zero-order valence-corrected chi connectivity index (χ0v) is 9.23. The average molecular weight is 226 g/mol. The van der Waals surface area contributed by atoms with Gasteiger partial charge < -0.3 is 19.3 Å². The van der Waals surface area contributed by atoms with Gasteiger partial charge in [0.05, 0.1) is 27.2 Å². The first kappa shape index (κ1) is 12.2. The predicted molar refractivity (Wildman–Crippen MR) is 57.3 cm³/mol. The molecule has 5 nitrogen and oxygen atoms in total. The summed E-state index contributed by atoms with van der Waals surface area (Å²) in [5.74, 6) is 0.835. The number of ether oxygens (including phenoxy) is 3. The second kappa shape index (κ2) is 5.85. The largest absolute Gasteiger partial charge is 0.496 e. The fraction of sp³-hybridized carbons (Fsp3) is 0.364. The van der Waals surface area contributed by atoms with Crippen LogP contribution in [-0.2, 0) is 4.79 Å². The van der Waals surface area contributed by atoms with E-state index in [9.17, 15) is 4.79 Å². The Balaban J connectivity index is 2.67. The van der Waals surface area contributed by atoms with Crippen molar-refractivity contribution in [2.24, 2.45) is 0 Å². The third kappa shape index (κ3) is 3.68. The van der Waals surface area contributed by atoms with Gasteiger partial charge >= 0.3 is 5.97 Å². The maximum absolute atomic E-state index is 10.3. The van der Waals surface area contributed by atoms with E-state index in [1.54, 1.807) is 18.2 Å². The van der Waals surface area contributed by atoms with E-state index in [1.165, 1.54) is 14.2 Å². The third-order valence-corrected chi connectivity index (χ3v) is 1.91. The van der Waals surface area contributed by atoms with Gasteiger partial charge in [0, 0.05) is 18.2 Å². The first-order chi connectivity index (χ1) is 7.65. The van der Waals surface area contributed by atoms with E-state index >= 15 is 0 Å². The maximum atomic E-state index is 10.3.